The van der Waals surface area contributed by atoms with E-state index in [1.807, 2.05) is 49.4 Å². The normalized spacial score (nSPS) is 11.2. The van der Waals surface area contributed by atoms with Crippen LogP contribution in [-0.4, -0.2) is 17.3 Å². The van der Waals surface area contributed by atoms with Crippen LogP contribution in [0.3, 0.4) is 0 Å². The van der Waals surface area contributed by atoms with Crippen molar-refractivity contribution in [2.45, 2.75) is 19.6 Å². The lowest BCUT2D eigenvalue weighted by molar-refractivity contribution is -0.0769. The molecule has 0 fully saturated rings. The third kappa shape index (κ3) is 5.42. The zero-order valence-corrected chi connectivity index (χ0v) is 12.5. The van der Waals surface area contributed by atoms with Crippen LogP contribution in [0.5, 0.6) is 5.75 Å². The SMILES string of the molecule is C=CCc1c(C)cccc1O.COC(O)c1ccccc1. The van der Waals surface area contributed by atoms with Gasteiger partial charge in [0.15, 0.2) is 6.29 Å². The van der Waals surface area contributed by atoms with Gasteiger partial charge in [0.2, 0.25) is 0 Å². The topological polar surface area (TPSA) is 49.7 Å². The Morgan fingerprint density at radius 3 is 2.33 bits per heavy atom. The van der Waals surface area contributed by atoms with E-state index < -0.39 is 6.29 Å². The lowest BCUT2D eigenvalue weighted by Crippen LogP contribution is -1.97. The van der Waals surface area contributed by atoms with Crippen LogP contribution in [0.4, 0.5) is 0 Å². The molecule has 0 spiro atoms. The number of ether oxygens (including phenoxy) is 1. The second-order valence-electron chi connectivity index (χ2n) is 4.56. The lowest BCUT2D eigenvalue weighted by atomic mass is 10.1. The van der Waals surface area contributed by atoms with E-state index >= 15 is 0 Å². The minimum absolute atomic E-state index is 0.366. The molecule has 0 aliphatic heterocycles. The minimum atomic E-state index is -0.791. The van der Waals surface area contributed by atoms with Gasteiger partial charge >= 0.3 is 0 Å². The van der Waals surface area contributed by atoms with E-state index in [-0.39, 0.29) is 0 Å². The maximum absolute atomic E-state index is 9.37. The third-order valence-corrected chi connectivity index (χ3v) is 3.04. The van der Waals surface area contributed by atoms with Gasteiger partial charge in [-0.15, -0.1) is 6.58 Å². The Morgan fingerprint density at radius 2 is 1.81 bits per heavy atom. The molecule has 0 aliphatic carbocycles. The molecule has 0 aliphatic rings. The predicted octanol–water partition coefficient (Wildman–Crippen LogP) is 3.75. The number of methoxy groups -OCH3 is 1. The fourth-order valence-electron chi connectivity index (χ4n) is 1.85. The van der Waals surface area contributed by atoms with Crippen LogP contribution in [0.25, 0.3) is 0 Å². The maximum Gasteiger partial charge on any atom is 0.180 e. The van der Waals surface area contributed by atoms with Crippen LogP contribution in [0.2, 0.25) is 0 Å². The summed E-state index contributed by atoms with van der Waals surface area (Å²) in [5.74, 6) is 0.366. The van der Waals surface area contributed by atoms with E-state index in [0.29, 0.717) is 5.75 Å². The fourth-order valence-corrected chi connectivity index (χ4v) is 1.85. The van der Waals surface area contributed by atoms with Crippen LogP contribution in [0, 0.1) is 6.92 Å². The summed E-state index contributed by atoms with van der Waals surface area (Å²) in [6.07, 6.45) is 1.74. The smallest absolute Gasteiger partial charge is 0.180 e. The van der Waals surface area contributed by atoms with E-state index in [4.69, 9.17) is 9.84 Å². The number of aryl methyl sites for hydroxylation is 1. The van der Waals surface area contributed by atoms with E-state index in [1.165, 1.54) is 7.11 Å². The van der Waals surface area contributed by atoms with Gasteiger partial charge in [0.1, 0.15) is 5.75 Å². The van der Waals surface area contributed by atoms with Crippen molar-refractivity contribution in [2.24, 2.45) is 0 Å². The Labute approximate surface area is 126 Å². The van der Waals surface area contributed by atoms with E-state index in [2.05, 4.69) is 6.58 Å². The van der Waals surface area contributed by atoms with Crippen LogP contribution in [0.1, 0.15) is 23.0 Å². The van der Waals surface area contributed by atoms with E-state index in [1.54, 1.807) is 12.1 Å². The fraction of sp³-hybridized carbons (Fsp3) is 0.222. The summed E-state index contributed by atoms with van der Waals surface area (Å²) in [6.45, 7) is 5.61. The second kappa shape index (κ2) is 8.95. The molecule has 3 nitrogen and oxygen atoms in total. The number of phenolic OH excluding ortho intramolecular Hbond substituents is 1. The van der Waals surface area contributed by atoms with Crippen molar-refractivity contribution in [1.82, 2.24) is 0 Å². The quantitative estimate of drug-likeness (QED) is 0.664. The molecular weight excluding hydrogens is 264 g/mol. The van der Waals surface area contributed by atoms with Gasteiger partial charge in [0, 0.05) is 18.2 Å². The van der Waals surface area contributed by atoms with Gasteiger partial charge in [-0.2, -0.15) is 0 Å². The monoisotopic (exact) mass is 286 g/mol. The summed E-state index contributed by atoms with van der Waals surface area (Å²) in [6, 6.07) is 14.8. The molecule has 0 saturated heterocycles. The number of rotatable bonds is 4. The first-order chi connectivity index (χ1) is 10.1. The highest BCUT2D eigenvalue weighted by molar-refractivity contribution is 5.39. The molecular formula is C18H22O3. The molecule has 0 aromatic heterocycles. The lowest BCUT2D eigenvalue weighted by Gasteiger charge is -2.06. The Morgan fingerprint density at radius 1 is 1.14 bits per heavy atom. The van der Waals surface area contributed by atoms with Crippen LogP contribution in [0.15, 0.2) is 61.2 Å². The summed E-state index contributed by atoms with van der Waals surface area (Å²) >= 11 is 0. The summed E-state index contributed by atoms with van der Waals surface area (Å²) < 4.78 is 4.69. The highest BCUT2D eigenvalue weighted by Gasteiger charge is 2.01. The van der Waals surface area contributed by atoms with Gasteiger partial charge in [0.25, 0.3) is 0 Å². The third-order valence-electron chi connectivity index (χ3n) is 3.04. The average molecular weight is 286 g/mol. The van der Waals surface area contributed by atoms with Gasteiger partial charge in [-0.3, -0.25) is 0 Å². The average Bonchev–Trinajstić information content (AvgIpc) is 2.52. The van der Waals surface area contributed by atoms with Gasteiger partial charge in [-0.25, -0.2) is 0 Å². The number of aromatic hydroxyl groups is 1. The number of benzene rings is 2. The Kier molecular flexibility index (Phi) is 7.23. The van der Waals surface area contributed by atoms with E-state index in [0.717, 1.165) is 23.1 Å². The van der Waals surface area contributed by atoms with Crippen molar-refractivity contribution in [3.8, 4) is 5.75 Å². The van der Waals surface area contributed by atoms with Crippen LogP contribution in [-0.2, 0) is 11.2 Å². The highest BCUT2D eigenvalue weighted by atomic mass is 16.6. The molecule has 0 radical (unpaired) electrons. The van der Waals surface area contributed by atoms with E-state index in [9.17, 15) is 5.11 Å². The first-order valence-corrected chi connectivity index (χ1v) is 6.74. The number of phenols is 1. The summed E-state index contributed by atoms with van der Waals surface area (Å²) in [4.78, 5) is 0. The summed E-state index contributed by atoms with van der Waals surface area (Å²) in [5, 5.41) is 18.5. The molecule has 1 atom stereocenters. The molecule has 0 amide bonds. The maximum atomic E-state index is 9.37. The van der Waals surface area contributed by atoms with Crippen molar-refractivity contribution in [2.75, 3.05) is 7.11 Å². The van der Waals surface area contributed by atoms with Crippen LogP contribution >= 0.6 is 0 Å². The number of aliphatic hydroxyl groups is 1. The molecule has 0 saturated carbocycles. The number of aliphatic hydroxyl groups excluding tert-OH is 1. The van der Waals surface area contributed by atoms with Crippen molar-refractivity contribution in [1.29, 1.82) is 0 Å². The van der Waals surface area contributed by atoms with Crippen molar-refractivity contribution in [3.63, 3.8) is 0 Å². The first-order valence-electron chi connectivity index (χ1n) is 6.74. The van der Waals surface area contributed by atoms with Gasteiger partial charge in [0.05, 0.1) is 0 Å². The zero-order chi connectivity index (χ0) is 15.7. The zero-order valence-electron chi connectivity index (χ0n) is 12.5. The summed E-state index contributed by atoms with van der Waals surface area (Å²) in [5.41, 5.74) is 2.87. The number of allylic oxidation sites excluding steroid dienone is 1. The molecule has 0 bridgehead atoms. The van der Waals surface area contributed by atoms with Gasteiger partial charge in [-0.1, -0.05) is 48.5 Å². The molecule has 0 heterocycles. The molecule has 2 aromatic rings. The number of hydrogen-bond donors (Lipinski definition) is 2. The standard InChI is InChI=1S/C10H12O.C8H10O2/c1-3-5-9-8(2)6-4-7-10(9)11;1-10-8(9)7-5-3-2-4-6-7/h3-4,6-7,11H,1,5H2,2H3;2-6,8-9H,1H3. The predicted molar refractivity (Wildman–Crippen MR) is 85.2 cm³/mol. The van der Waals surface area contributed by atoms with Crippen molar-refractivity contribution < 1.29 is 14.9 Å². The number of hydrogen-bond acceptors (Lipinski definition) is 3. The van der Waals surface area contributed by atoms with Gasteiger partial charge < -0.3 is 14.9 Å². The Bertz CT molecular complexity index is 529. The molecule has 3 heteroatoms. The van der Waals surface area contributed by atoms with Crippen molar-refractivity contribution >= 4 is 0 Å². The second-order valence-corrected chi connectivity index (χ2v) is 4.56. The first kappa shape index (κ1) is 17.0. The molecule has 112 valence electrons. The largest absolute Gasteiger partial charge is 0.508 e. The van der Waals surface area contributed by atoms with Crippen LogP contribution < -0.4 is 0 Å². The molecule has 2 rings (SSSR count). The van der Waals surface area contributed by atoms with Crippen molar-refractivity contribution in [3.05, 3.63) is 77.9 Å². The minimum Gasteiger partial charge on any atom is -0.508 e. The van der Waals surface area contributed by atoms with Gasteiger partial charge in [-0.05, 0) is 25.0 Å². The Balaban J connectivity index is 0.000000211. The summed E-state index contributed by atoms with van der Waals surface area (Å²) in [7, 11) is 1.47. The highest BCUT2D eigenvalue weighted by Crippen LogP contribution is 2.20. The Hall–Kier alpha value is -2.10. The molecule has 2 aromatic carbocycles. The molecule has 21 heavy (non-hydrogen) atoms. The molecule has 2 N–H and O–H groups in total. The molecule has 1 unspecified atom stereocenters.